The molecule has 0 aliphatic rings. The fraction of sp³-hybridized carbons (Fsp3) is 0.250. The zero-order valence-corrected chi connectivity index (χ0v) is 14.7. The van der Waals surface area contributed by atoms with E-state index in [1.165, 1.54) is 10.9 Å². The molecule has 0 bridgehead atoms. The van der Waals surface area contributed by atoms with Crippen molar-refractivity contribution in [2.45, 2.75) is 13.3 Å². The van der Waals surface area contributed by atoms with E-state index in [1.807, 2.05) is 12.1 Å². The SMILES string of the molecule is COc1ccc(C(=O)NCCc2c(C)[nH]c3ccccc23)cc1OC. The highest BCUT2D eigenvalue weighted by Crippen LogP contribution is 2.27. The van der Waals surface area contributed by atoms with E-state index in [0.29, 0.717) is 23.6 Å². The molecule has 2 N–H and O–H groups in total. The molecule has 1 aromatic heterocycles. The van der Waals surface area contributed by atoms with Crippen LogP contribution in [0.1, 0.15) is 21.6 Å². The number of hydrogen-bond acceptors (Lipinski definition) is 3. The van der Waals surface area contributed by atoms with Crippen LogP contribution in [0.4, 0.5) is 0 Å². The number of rotatable bonds is 6. The number of amides is 1. The van der Waals surface area contributed by atoms with Crippen molar-refractivity contribution in [1.82, 2.24) is 10.3 Å². The number of para-hydroxylation sites is 1. The number of aromatic amines is 1. The van der Waals surface area contributed by atoms with Gasteiger partial charge in [-0.25, -0.2) is 0 Å². The summed E-state index contributed by atoms with van der Waals surface area (Å²) >= 11 is 0. The Morgan fingerprint density at radius 3 is 2.60 bits per heavy atom. The third-order valence-electron chi connectivity index (χ3n) is 4.33. The Balaban J connectivity index is 1.67. The Bertz CT molecular complexity index is 899. The summed E-state index contributed by atoms with van der Waals surface area (Å²) in [5.41, 5.74) is 4.05. The molecule has 0 radical (unpaired) electrons. The van der Waals surface area contributed by atoms with Gasteiger partial charge in [-0.15, -0.1) is 0 Å². The van der Waals surface area contributed by atoms with Crippen LogP contribution in [0, 0.1) is 6.92 Å². The van der Waals surface area contributed by atoms with Crippen LogP contribution in [-0.2, 0) is 6.42 Å². The molecule has 0 saturated carbocycles. The number of aryl methyl sites for hydroxylation is 1. The van der Waals surface area contributed by atoms with E-state index in [2.05, 4.69) is 29.4 Å². The number of H-pyrrole nitrogens is 1. The lowest BCUT2D eigenvalue weighted by molar-refractivity contribution is 0.0953. The predicted octanol–water partition coefficient (Wildman–Crippen LogP) is 3.47. The second kappa shape index (κ2) is 7.30. The number of benzene rings is 2. The van der Waals surface area contributed by atoms with Crippen LogP contribution < -0.4 is 14.8 Å². The molecule has 0 atom stereocenters. The summed E-state index contributed by atoms with van der Waals surface area (Å²) < 4.78 is 10.4. The van der Waals surface area contributed by atoms with E-state index in [-0.39, 0.29) is 5.91 Å². The second-order valence-corrected chi connectivity index (χ2v) is 5.85. The molecule has 130 valence electrons. The molecule has 5 nitrogen and oxygen atoms in total. The van der Waals surface area contributed by atoms with Crippen molar-refractivity contribution in [1.29, 1.82) is 0 Å². The fourth-order valence-corrected chi connectivity index (χ4v) is 3.04. The van der Waals surface area contributed by atoms with Crippen molar-refractivity contribution in [3.05, 3.63) is 59.3 Å². The van der Waals surface area contributed by atoms with Gasteiger partial charge in [0, 0.05) is 28.7 Å². The molecule has 2 aromatic carbocycles. The first kappa shape index (κ1) is 16.9. The molecule has 1 heterocycles. The van der Waals surface area contributed by atoms with E-state index in [1.54, 1.807) is 32.4 Å². The standard InChI is InChI=1S/C20H22N2O3/c1-13-15(16-6-4-5-7-17(16)22-13)10-11-21-20(23)14-8-9-18(24-2)19(12-14)25-3/h4-9,12,22H,10-11H2,1-3H3,(H,21,23). The Morgan fingerprint density at radius 2 is 1.84 bits per heavy atom. The maximum atomic E-state index is 12.4. The number of aromatic nitrogens is 1. The average molecular weight is 338 g/mol. The summed E-state index contributed by atoms with van der Waals surface area (Å²) in [6.45, 7) is 2.63. The molecular weight excluding hydrogens is 316 g/mol. The molecule has 1 amide bonds. The first-order valence-corrected chi connectivity index (χ1v) is 8.20. The summed E-state index contributed by atoms with van der Waals surface area (Å²) in [6, 6.07) is 13.4. The van der Waals surface area contributed by atoms with Crippen LogP contribution in [0.5, 0.6) is 11.5 Å². The quantitative estimate of drug-likeness (QED) is 0.723. The molecule has 3 rings (SSSR count). The number of nitrogens with one attached hydrogen (secondary N) is 2. The van der Waals surface area contributed by atoms with Gasteiger partial charge < -0.3 is 19.8 Å². The topological polar surface area (TPSA) is 63.3 Å². The second-order valence-electron chi connectivity index (χ2n) is 5.85. The third kappa shape index (κ3) is 3.45. The van der Waals surface area contributed by atoms with Gasteiger partial charge in [0.25, 0.3) is 5.91 Å². The number of carbonyl (C=O) groups is 1. The zero-order valence-electron chi connectivity index (χ0n) is 14.7. The molecule has 0 aliphatic heterocycles. The first-order valence-electron chi connectivity index (χ1n) is 8.20. The lowest BCUT2D eigenvalue weighted by Crippen LogP contribution is -2.25. The lowest BCUT2D eigenvalue weighted by atomic mass is 10.1. The van der Waals surface area contributed by atoms with Crippen LogP contribution in [-0.4, -0.2) is 31.7 Å². The minimum Gasteiger partial charge on any atom is -0.493 e. The smallest absolute Gasteiger partial charge is 0.251 e. The predicted molar refractivity (Wildman–Crippen MR) is 98.6 cm³/mol. The van der Waals surface area contributed by atoms with Crippen molar-refractivity contribution >= 4 is 16.8 Å². The molecular formula is C20H22N2O3. The summed E-state index contributed by atoms with van der Waals surface area (Å²) in [4.78, 5) is 15.8. The summed E-state index contributed by atoms with van der Waals surface area (Å²) in [6.07, 6.45) is 0.773. The van der Waals surface area contributed by atoms with E-state index in [4.69, 9.17) is 9.47 Å². The minimum absolute atomic E-state index is 0.126. The van der Waals surface area contributed by atoms with Gasteiger partial charge >= 0.3 is 0 Å². The molecule has 25 heavy (non-hydrogen) atoms. The fourth-order valence-electron chi connectivity index (χ4n) is 3.04. The number of fused-ring (bicyclic) bond motifs is 1. The molecule has 0 fully saturated rings. The van der Waals surface area contributed by atoms with Gasteiger partial charge in [-0.1, -0.05) is 18.2 Å². The Kier molecular flexibility index (Phi) is 4.93. The number of carbonyl (C=O) groups excluding carboxylic acids is 1. The molecule has 5 heteroatoms. The number of hydrogen-bond donors (Lipinski definition) is 2. The summed E-state index contributed by atoms with van der Waals surface area (Å²) in [5.74, 6) is 1.02. The van der Waals surface area contributed by atoms with Gasteiger partial charge in [0.2, 0.25) is 0 Å². The van der Waals surface area contributed by atoms with Crippen molar-refractivity contribution in [3.63, 3.8) is 0 Å². The van der Waals surface area contributed by atoms with Crippen LogP contribution in [0.2, 0.25) is 0 Å². The first-order chi connectivity index (χ1) is 12.1. The van der Waals surface area contributed by atoms with Gasteiger partial charge in [0.1, 0.15) is 0 Å². The molecule has 0 saturated heterocycles. The van der Waals surface area contributed by atoms with Gasteiger partial charge in [-0.3, -0.25) is 4.79 Å². The highest BCUT2D eigenvalue weighted by Gasteiger charge is 2.12. The van der Waals surface area contributed by atoms with E-state index in [0.717, 1.165) is 17.6 Å². The number of ether oxygens (including phenoxy) is 2. The van der Waals surface area contributed by atoms with Gasteiger partial charge in [0.15, 0.2) is 11.5 Å². The van der Waals surface area contributed by atoms with E-state index in [9.17, 15) is 4.79 Å². The monoisotopic (exact) mass is 338 g/mol. The van der Waals surface area contributed by atoms with Crippen LogP contribution >= 0.6 is 0 Å². The molecule has 0 spiro atoms. The highest BCUT2D eigenvalue weighted by molar-refractivity contribution is 5.95. The van der Waals surface area contributed by atoms with E-state index < -0.39 is 0 Å². The van der Waals surface area contributed by atoms with Crippen LogP contribution in [0.15, 0.2) is 42.5 Å². The third-order valence-corrected chi connectivity index (χ3v) is 4.33. The normalized spacial score (nSPS) is 10.7. The van der Waals surface area contributed by atoms with Crippen molar-refractivity contribution < 1.29 is 14.3 Å². The van der Waals surface area contributed by atoms with Crippen LogP contribution in [0.3, 0.4) is 0 Å². The molecule has 0 aliphatic carbocycles. The molecule has 3 aromatic rings. The minimum atomic E-state index is -0.126. The Hall–Kier alpha value is -2.95. The average Bonchev–Trinajstić information content (AvgIpc) is 2.96. The van der Waals surface area contributed by atoms with Crippen LogP contribution in [0.25, 0.3) is 10.9 Å². The number of methoxy groups -OCH3 is 2. The Morgan fingerprint density at radius 1 is 1.08 bits per heavy atom. The van der Waals surface area contributed by atoms with Crippen molar-refractivity contribution in [2.75, 3.05) is 20.8 Å². The van der Waals surface area contributed by atoms with Gasteiger partial charge in [-0.2, -0.15) is 0 Å². The summed E-state index contributed by atoms with van der Waals surface area (Å²) in [5, 5.41) is 4.18. The molecule has 0 unspecified atom stereocenters. The Labute approximate surface area is 147 Å². The highest BCUT2D eigenvalue weighted by atomic mass is 16.5. The van der Waals surface area contributed by atoms with Gasteiger partial charge in [-0.05, 0) is 43.2 Å². The lowest BCUT2D eigenvalue weighted by Gasteiger charge is -2.10. The maximum Gasteiger partial charge on any atom is 0.251 e. The van der Waals surface area contributed by atoms with Crippen molar-refractivity contribution in [2.24, 2.45) is 0 Å². The summed E-state index contributed by atoms with van der Waals surface area (Å²) in [7, 11) is 3.13. The van der Waals surface area contributed by atoms with E-state index >= 15 is 0 Å². The largest absolute Gasteiger partial charge is 0.493 e. The zero-order chi connectivity index (χ0) is 17.8. The van der Waals surface area contributed by atoms with Crippen molar-refractivity contribution in [3.8, 4) is 11.5 Å². The van der Waals surface area contributed by atoms with Gasteiger partial charge in [0.05, 0.1) is 14.2 Å². The maximum absolute atomic E-state index is 12.4.